The summed E-state index contributed by atoms with van der Waals surface area (Å²) in [6.07, 6.45) is 10.9. The Balaban J connectivity index is 2.43. The molecule has 0 spiro atoms. The van der Waals surface area contributed by atoms with Crippen LogP contribution in [0.25, 0.3) is 0 Å². The van der Waals surface area contributed by atoms with Gasteiger partial charge in [-0.1, -0.05) is 77.3 Å². The van der Waals surface area contributed by atoms with Crippen molar-refractivity contribution in [1.29, 1.82) is 0 Å². The maximum absolute atomic E-state index is 12.3. The number of hydrogen-bond acceptors (Lipinski definition) is 6. The van der Waals surface area contributed by atoms with Crippen LogP contribution in [0.3, 0.4) is 0 Å². The summed E-state index contributed by atoms with van der Waals surface area (Å²) in [5, 5.41) is 0. The van der Waals surface area contributed by atoms with Crippen LogP contribution >= 0.6 is 0 Å². The van der Waals surface area contributed by atoms with Crippen molar-refractivity contribution in [3.05, 3.63) is 29.8 Å². The van der Waals surface area contributed by atoms with E-state index in [2.05, 4.69) is 13.8 Å². The fraction of sp³-hybridized carbons (Fsp3) is 0.704. The van der Waals surface area contributed by atoms with Crippen molar-refractivity contribution in [2.75, 3.05) is 20.3 Å². The molecule has 0 N–H and O–H groups in total. The van der Waals surface area contributed by atoms with Crippen LogP contribution in [0, 0.1) is 0 Å². The molecule has 0 aliphatic rings. The van der Waals surface area contributed by atoms with Gasteiger partial charge in [0.05, 0.1) is 20.3 Å². The predicted octanol–water partition coefficient (Wildman–Crippen LogP) is 6.39. The Labute approximate surface area is 200 Å². The van der Waals surface area contributed by atoms with E-state index < -0.39 is 6.10 Å². The highest BCUT2D eigenvalue weighted by atomic mass is 16.6. The molecule has 0 saturated heterocycles. The van der Waals surface area contributed by atoms with E-state index in [0.717, 1.165) is 49.8 Å². The minimum Gasteiger partial charge on any atom is -0.497 e. The zero-order valence-corrected chi connectivity index (χ0v) is 20.9. The number of unbranched alkanes of at least 4 members (excludes halogenated alkanes) is 8. The zero-order valence-electron chi connectivity index (χ0n) is 20.9. The molecule has 6 nitrogen and oxygen atoms in total. The van der Waals surface area contributed by atoms with Crippen LogP contribution in [0.1, 0.15) is 96.5 Å². The number of benzene rings is 1. The second-order valence-corrected chi connectivity index (χ2v) is 8.49. The lowest BCUT2D eigenvalue weighted by atomic mass is 10.1. The summed E-state index contributed by atoms with van der Waals surface area (Å²) in [4.78, 5) is 24.4. The average molecular weight is 465 g/mol. The van der Waals surface area contributed by atoms with E-state index in [1.165, 1.54) is 25.7 Å². The first-order valence-electron chi connectivity index (χ1n) is 12.6. The first-order chi connectivity index (χ1) is 16.1. The van der Waals surface area contributed by atoms with Crippen molar-refractivity contribution >= 4 is 11.9 Å². The number of hydrogen-bond donors (Lipinski definition) is 0. The van der Waals surface area contributed by atoms with Gasteiger partial charge in [0.2, 0.25) is 0 Å². The van der Waals surface area contributed by atoms with Gasteiger partial charge in [-0.3, -0.25) is 9.59 Å². The van der Waals surface area contributed by atoms with E-state index in [-0.39, 0.29) is 25.2 Å². The van der Waals surface area contributed by atoms with Gasteiger partial charge in [0.25, 0.3) is 0 Å². The molecular formula is C27H44O6. The van der Waals surface area contributed by atoms with Gasteiger partial charge in [-0.05, 0) is 30.5 Å². The lowest BCUT2D eigenvalue weighted by Gasteiger charge is -2.18. The summed E-state index contributed by atoms with van der Waals surface area (Å²) in [7, 11) is 1.63. The lowest BCUT2D eigenvalue weighted by Crippen LogP contribution is -2.29. The molecule has 0 amide bonds. The van der Waals surface area contributed by atoms with E-state index in [4.69, 9.17) is 18.9 Å². The Morgan fingerprint density at radius 2 is 1.33 bits per heavy atom. The first kappa shape index (κ1) is 29.0. The summed E-state index contributed by atoms with van der Waals surface area (Å²) < 4.78 is 21.9. The second kappa shape index (κ2) is 19.4. The minimum absolute atomic E-state index is 0.0258. The average Bonchev–Trinajstić information content (AvgIpc) is 2.82. The largest absolute Gasteiger partial charge is 0.497 e. The number of rotatable bonds is 20. The van der Waals surface area contributed by atoms with E-state index >= 15 is 0 Å². The van der Waals surface area contributed by atoms with Gasteiger partial charge in [-0.2, -0.15) is 0 Å². The quantitative estimate of drug-likeness (QED) is 0.164. The molecular weight excluding hydrogens is 420 g/mol. The van der Waals surface area contributed by atoms with Crippen molar-refractivity contribution in [3.63, 3.8) is 0 Å². The molecule has 0 unspecified atom stereocenters. The molecule has 0 aromatic heterocycles. The molecule has 0 aliphatic carbocycles. The summed E-state index contributed by atoms with van der Waals surface area (Å²) in [6, 6.07) is 7.59. The van der Waals surface area contributed by atoms with E-state index in [1.807, 2.05) is 24.3 Å². The van der Waals surface area contributed by atoms with Gasteiger partial charge in [0.1, 0.15) is 12.4 Å². The molecule has 1 atom stereocenters. The van der Waals surface area contributed by atoms with Crippen LogP contribution < -0.4 is 4.74 Å². The third-order valence-corrected chi connectivity index (χ3v) is 5.43. The summed E-state index contributed by atoms with van der Waals surface area (Å²) >= 11 is 0. The van der Waals surface area contributed by atoms with Crippen LogP contribution in [0.2, 0.25) is 0 Å². The van der Waals surface area contributed by atoms with Crippen LogP contribution in [-0.4, -0.2) is 38.4 Å². The molecule has 0 bridgehead atoms. The normalized spacial score (nSPS) is 11.7. The highest BCUT2D eigenvalue weighted by molar-refractivity contribution is 5.70. The maximum atomic E-state index is 12.3. The molecule has 0 fully saturated rings. The predicted molar refractivity (Wildman–Crippen MR) is 130 cm³/mol. The molecule has 0 saturated carbocycles. The van der Waals surface area contributed by atoms with Gasteiger partial charge in [0.15, 0.2) is 6.10 Å². The molecule has 1 aromatic rings. The first-order valence-corrected chi connectivity index (χ1v) is 12.6. The molecule has 33 heavy (non-hydrogen) atoms. The second-order valence-electron chi connectivity index (χ2n) is 8.49. The smallest absolute Gasteiger partial charge is 0.306 e. The standard InChI is InChI=1S/C27H44O6/c1-4-6-8-10-12-14-26(28)32-22-25(33-27(29)15-13-11-9-7-5-2)21-31-20-23-16-18-24(30-3)19-17-23/h16-19,25H,4-15,20-22H2,1-3H3/t25-/m1/s1. The Hall–Kier alpha value is -2.08. The third kappa shape index (κ3) is 15.4. The zero-order chi connectivity index (χ0) is 24.2. The van der Waals surface area contributed by atoms with E-state index in [1.54, 1.807) is 7.11 Å². The molecule has 0 heterocycles. The SMILES string of the molecule is CCCCCCCC(=O)OC[C@@H](COCc1ccc(OC)cc1)OC(=O)CCCCCCC. The summed E-state index contributed by atoms with van der Waals surface area (Å²) in [5.74, 6) is 0.272. The topological polar surface area (TPSA) is 71.1 Å². The number of carbonyl (C=O) groups excluding carboxylic acids is 2. The molecule has 0 aliphatic heterocycles. The molecule has 188 valence electrons. The van der Waals surface area contributed by atoms with Crippen molar-refractivity contribution in [2.45, 2.75) is 104 Å². The van der Waals surface area contributed by atoms with Crippen LogP contribution in [0.5, 0.6) is 5.75 Å². The van der Waals surface area contributed by atoms with Gasteiger partial charge >= 0.3 is 11.9 Å². The van der Waals surface area contributed by atoms with Gasteiger partial charge < -0.3 is 18.9 Å². The fourth-order valence-electron chi connectivity index (χ4n) is 3.39. The van der Waals surface area contributed by atoms with Gasteiger partial charge in [0, 0.05) is 12.8 Å². The fourth-order valence-corrected chi connectivity index (χ4v) is 3.39. The number of methoxy groups -OCH3 is 1. The highest BCUT2D eigenvalue weighted by Crippen LogP contribution is 2.13. The Morgan fingerprint density at radius 3 is 1.91 bits per heavy atom. The van der Waals surface area contributed by atoms with Gasteiger partial charge in [-0.15, -0.1) is 0 Å². The van der Waals surface area contributed by atoms with Crippen LogP contribution in [0.15, 0.2) is 24.3 Å². The number of esters is 2. The molecule has 1 rings (SSSR count). The van der Waals surface area contributed by atoms with Crippen molar-refractivity contribution in [2.24, 2.45) is 0 Å². The minimum atomic E-state index is -0.601. The Kier molecular flexibility index (Phi) is 17.0. The van der Waals surface area contributed by atoms with E-state index in [9.17, 15) is 9.59 Å². The monoisotopic (exact) mass is 464 g/mol. The van der Waals surface area contributed by atoms with E-state index in [0.29, 0.717) is 19.4 Å². The molecule has 1 aromatic carbocycles. The van der Waals surface area contributed by atoms with Crippen LogP contribution in [-0.2, 0) is 30.4 Å². The van der Waals surface area contributed by atoms with Crippen molar-refractivity contribution in [1.82, 2.24) is 0 Å². The summed E-state index contributed by atoms with van der Waals surface area (Å²) in [5.41, 5.74) is 0.987. The lowest BCUT2D eigenvalue weighted by molar-refractivity contribution is -0.163. The number of ether oxygens (including phenoxy) is 4. The third-order valence-electron chi connectivity index (χ3n) is 5.43. The van der Waals surface area contributed by atoms with Crippen molar-refractivity contribution < 1.29 is 28.5 Å². The summed E-state index contributed by atoms with van der Waals surface area (Å²) in [6.45, 7) is 4.91. The maximum Gasteiger partial charge on any atom is 0.306 e. The molecule has 0 radical (unpaired) electrons. The van der Waals surface area contributed by atoms with Crippen LogP contribution in [0.4, 0.5) is 0 Å². The highest BCUT2D eigenvalue weighted by Gasteiger charge is 2.17. The van der Waals surface area contributed by atoms with Crippen molar-refractivity contribution in [3.8, 4) is 5.75 Å². The number of carbonyl (C=O) groups is 2. The molecule has 6 heteroatoms. The Morgan fingerprint density at radius 1 is 0.758 bits per heavy atom. The Bertz CT molecular complexity index is 628. The van der Waals surface area contributed by atoms with Gasteiger partial charge in [-0.25, -0.2) is 0 Å².